The van der Waals surface area contributed by atoms with Crippen LogP contribution in [0.4, 0.5) is 0 Å². The van der Waals surface area contributed by atoms with Crippen LogP contribution in [0.3, 0.4) is 0 Å². The van der Waals surface area contributed by atoms with Crippen LogP contribution in [0.25, 0.3) is 0 Å². The zero-order chi connectivity index (χ0) is 16.4. The monoisotopic (exact) mass is 431 g/mol. The van der Waals surface area contributed by atoms with E-state index in [9.17, 15) is 0 Å². The molecule has 0 spiro atoms. The molecule has 3 aromatic rings. The molecule has 0 bridgehead atoms. The minimum Gasteiger partial charge on any atom is -0.0617 e. The summed E-state index contributed by atoms with van der Waals surface area (Å²) in [5.41, 5.74) is 4.13. The second-order valence-corrected chi connectivity index (χ2v) is 12.9. The number of rotatable bonds is 3. The van der Waals surface area contributed by atoms with Gasteiger partial charge in [0.2, 0.25) is 0 Å². The van der Waals surface area contributed by atoms with E-state index in [0.29, 0.717) is 0 Å². The summed E-state index contributed by atoms with van der Waals surface area (Å²) >= 11 is 2.76. The summed E-state index contributed by atoms with van der Waals surface area (Å²) in [6, 6.07) is 26.6. The highest BCUT2D eigenvalue weighted by Crippen LogP contribution is 2.64. The van der Waals surface area contributed by atoms with Crippen LogP contribution in [0.15, 0.2) is 72.8 Å². The van der Waals surface area contributed by atoms with Crippen LogP contribution in [0.5, 0.6) is 0 Å². The third-order valence-electron chi connectivity index (χ3n) is 4.34. The maximum Gasteiger partial charge on any atom is 0.173 e. The predicted molar refractivity (Wildman–Crippen MR) is 113 cm³/mol. The van der Waals surface area contributed by atoms with Crippen molar-refractivity contribution in [1.29, 1.82) is 0 Å². The molecule has 116 valence electrons. The molecule has 0 aliphatic carbocycles. The van der Waals surface area contributed by atoms with Crippen LogP contribution in [-0.2, 0) is 0 Å². The molecule has 0 nitrogen and oxygen atoms in total. The molecule has 0 saturated heterocycles. The molecule has 0 radical (unpaired) electrons. The summed E-state index contributed by atoms with van der Waals surface area (Å²) in [6.07, 6.45) is 0. The summed E-state index contributed by atoms with van der Waals surface area (Å²) in [5.74, 6) is 0. The van der Waals surface area contributed by atoms with Gasteiger partial charge in [-0.2, -0.15) is 0 Å². The fraction of sp³-hybridized carbons (Fsp3) is 0.143. The fourth-order valence-electron chi connectivity index (χ4n) is 3.12. The van der Waals surface area contributed by atoms with Crippen molar-refractivity contribution in [3.8, 4) is 0 Å². The fourth-order valence-corrected chi connectivity index (χ4v) is 11.3. The van der Waals surface area contributed by atoms with Crippen LogP contribution in [0.1, 0.15) is 16.7 Å². The molecular formula is C21H21IP+. The quantitative estimate of drug-likeness (QED) is 0.392. The van der Waals surface area contributed by atoms with Gasteiger partial charge >= 0.3 is 0 Å². The molecule has 0 aliphatic heterocycles. The highest BCUT2D eigenvalue weighted by Gasteiger charge is 2.46. The maximum absolute atomic E-state index is 2.76. The molecule has 0 heterocycles. The Labute approximate surface area is 152 Å². The molecule has 0 unspecified atom stereocenters. The van der Waals surface area contributed by atoms with Crippen molar-refractivity contribution in [2.45, 2.75) is 20.8 Å². The third kappa shape index (κ3) is 2.97. The Morgan fingerprint density at radius 1 is 0.522 bits per heavy atom. The molecule has 23 heavy (non-hydrogen) atoms. The molecule has 0 atom stereocenters. The predicted octanol–water partition coefficient (Wildman–Crippen LogP) is 5.26. The molecule has 3 aromatic carbocycles. The molecular weight excluding hydrogens is 410 g/mol. The summed E-state index contributed by atoms with van der Waals surface area (Å²) < 4.78 is 0. The summed E-state index contributed by atoms with van der Waals surface area (Å²) in [7, 11) is 0. The van der Waals surface area contributed by atoms with Gasteiger partial charge in [-0.05, 0) is 55.7 Å². The van der Waals surface area contributed by atoms with Crippen LogP contribution in [0, 0.1) is 20.8 Å². The Morgan fingerprint density at radius 3 is 1.04 bits per heavy atom. The van der Waals surface area contributed by atoms with E-state index < -0.39 is 4.90 Å². The first-order valence-corrected chi connectivity index (χ1v) is 12.4. The molecule has 0 amide bonds. The highest BCUT2D eigenvalue weighted by molar-refractivity contribution is 14.2. The third-order valence-corrected chi connectivity index (χ3v) is 12.5. The smallest absolute Gasteiger partial charge is 0.0617 e. The normalized spacial score (nSPS) is 11.5. The lowest BCUT2D eigenvalue weighted by atomic mass is 10.2. The van der Waals surface area contributed by atoms with Gasteiger partial charge in [0.05, 0.1) is 0 Å². The Kier molecular flexibility index (Phi) is 4.89. The minimum atomic E-state index is -1.67. The zero-order valence-corrected chi connectivity index (χ0v) is 16.8. The average molecular weight is 431 g/mol. The molecule has 0 aliphatic rings. The van der Waals surface area contributed by atoms with Gasteiger partial charge in [0.1, 0.15) is 15.9 Å². The van der Waals surface area contributed by atoms with Gasteiger partial charge in [-0.1, -0.05) is 54.6 Å². The van der Waals surface area contributed by atoms with E-state index in [0.717, 1.165) is 0 Å². The van der Waals surface area contributed by atoms with E-state index in [4.69, 9.17) is 0 Å². The van der Waals surface area contributed by atoms with Crippen molar-refractivity contribution in [2.75, 3.05) is 0 Å². The second kappa shape index (κ2) is 6.75. The molecule has 0 saturated carbocycles. The lowest BCUT2D eigenvalue weighted by molar-refractivity contribution is 1.49. The lowest BCUT2D eigenvalue weighted by Gasteiger charge is -2.24. The van der Waals surface area contributed by atoms with E-state index in [1.165, 1.54) is 32.6 Å². The van der Waals surface area contributed by atoms with Crippen molar-refractivity contribution in [3.63, 3.8) is 0 Å². The van der Waals surface area contributed by atoms with Crippen LogP contribution in [-0.4, -0.2) is 0 Å². The van der Waals surface area contributed by atoms with Crippen molar-refractivity contribution in [2.24, 2.45) is 0 Å². The SMILES string of the molecule is Cc1ccccc1[P+](I)(c1ccccc1C)c1ccccc1C. The van der Waals surface area contributed by atoms with Crippen molar-refractivity contribution in [1.82, 2.24) is 0 Å². The second-order valence-electron chi connectivity index (χ2n) is 5.95. The summed E-state index contributed by atoms with van der Waals surface area (Å²) in [5, 5.41) is 4.43. The Bertz CT molecular complexity index is 728. The van der Waals surface area contributed by atoms with E-state index in [1.807, 2.05) is 0 Å². The molecule has 3 rings (SSSR count). The van der Waals surface area contributed by atoms with Crippen molar-refractivity contribution < 1.29 is 0 Å². The molecule has 0 N–H and O–H groups in total. The largest absolute Gasteiger partial charge is 0.173 e. The van der Waals surface area contributed by atoms with Crippen molar-refractivity contribution in [3.05, 3.63) is 89.5 Å². The van der Waals surface area contributed by atoms with Gasteiger partial charge in [-0.3, -0.25) is 0 Å². The van der Waals surface area contributed by atoms with Gasteiger partial charge in [0.15, 0.2) is 26.9 Å². The van der Waals surface area contributed by atoms with Gasteiger partial charge < -0.3 is 0 Å². The maximum atomic E-state index is 2.76. The minimum absolute atomic E-state index is 1.38. The Balaban J connectivity index is 2.38. The molecule has 2 heteroatoms. The van der Waals surface area contributed by atoms with E-state index in [1.54, 1.807) is 0 Å². The summed E-state index contributed by atoms with van der Waals surface area (Å²) in [4.78, 5) is -1.67. The molecule has 0 aromatic heterocycles. The first-order chi connectivity index (χ1) is 11.0. The average Bonchev–Trinajstić information content (AvgIpc) is 2.55. The van der Waals surface area contributed by atoms with Crippen LogP contribution in [0.2, 0.25) is 0 Å². The van der Waals surface area contributed by atoms with Gasteiger partial charge in [-0.25, -0.2) is 0 Å². The summed E-state index contributed by atoms with van der Waals surface area (Å²) in [6.45, 7) is 6.71. The topological polar surface area (TPSA) is 0 Å². The number of hydrogen-bond acceptors (Lipinski definition) is 0. The van der Waals surface area contributed by atoms with Crippen molar-refractivity contribution >= 4 is 42.9 Å². The number of aryl methyl sites for hydroxylation is 3. The number of hydrogen-bond donors (Lipinski definition) is 0. The number of halogens is 1. The van der Waals surface area contributed by atoms with Gasteiger partial charge in [-0.15, -0.1) is 0 Å². The van der Waals surface area contributed by atoms with Gasteiger partial charge in [0.25, 0.3) is 0 Å². The first-order valence-electron chi connectivity index (χ1n) is 7.82. The van der Waals surface area contributed by atoms with E-state index in [2.05, 4.69) is 116 Å². The Hall–Kier alpha value is -1.18. The van der Waals surface area contributed by atoms with Gasteiger partial charge in [0, 0.05) is 0 Å². The molecule has 0 fully saturated rings. The van der Waals surface area contributed by atoms with Crippen LogP contribution >= 0.6 is 26.9 Å². The lowest BCUT2D eigenvalue weighted by Crippen LogP contribution is -2.31. The Morgan fingerprint density at radius 2 is 0.783 bits per heavy atom. The number of benzene rings is 3. The zero-order valence-electron chi connectivity index (χ0n) is 13.8. The van der Waals surface area contributed by atoms with E-state index >= 15 is 0 Å². The first kappa shape index (κ1) is 16.7. The van der Waals surface area contributed by atoms with Crippen LogP contribution < -0.4 is 15.9 Å². The van der Waals surface area contributed by atoms with E-state index in [-0.39, 0.29) is 0 Å². The standard InChI is InChI=1S/C21H21IP/c1-16-10-4-7-13-19(16)23(22,20-14-8-5-11-17(20)2)21-15-9-6-12-18(21)3/h4-15H,1-3H3/q+1. The highest BCUT2D eigenvalue weighted by atomic mass is 127.